The number of carbonyl (C=O) groups excluding carboxylic acids is 1. The molecule has 1 saturated heterocycles. The maximum Gasteiger partial charge on any atom is 0.416 e. The third-order valence-corrected chi connectivity index (χ3v) is 6.65. The van der Waals surface area contributed by atoms with Gasteiger partial charge in [-0.2, -0.15) is 13.2 Å². The lowest BCUT2D eigenvalue weighted by atomic mass is 9.97. The summed E-state index contributed by atoms with van der Waals surface area (Å²) in [5.41, 5.74) is 0.123. The predicted octanol–water partition coefficient (Wildman–Crippen LogP) is 4.22. The Morgan fingerprint density at radius 3 is 2.63 bits per heavy atom. The third-order valence-electron chi connectivity index (χ3n) is 6.65. The Morgan fingerprint density at radius 1 is 1.11 bits per heavy atom. The van der Waals surface area contributed by atoms with Gasteiger partial charge < -0.3 is 5.32 Å². The van der Waals surface area contributed by atoms with Crippen LogP contribution in [0.2, 0.25) is 0 Å². The van der Waals surface area contributed by atoms with Crippen LogP contribution in [0.5, 0.6) is 0 Å². The molecule has 3 fully saturated rings. The van der Waals surface area contributed by atoms with Crippen molar-refractivity contribution < 1.29 is 18.0 Å². The summed E-state index contributed by atoms with van der Waals surface area (Å²) in [5.74, 6) is 1.38. The molecule has 0 bridgehead atoms. The van der Waals surface area contributed by atoms with E-state index in [4.69, 9.17) is 0 Å². The van der Waals surface area contributed by atoms with Crippen LogP contribution < -0.4 is 5.32 Å². The number of benzene rings is 1. The van der Waals surface area contributed by atoms with Gasteiger partial charge in [0, 0.05) is 31.6 Å². The highest BCUT2D eigenvalue weighted by atomic mass is 19.4. The van der Waals surface area contributed by atoms with E-state index < -0.39 is 11.7 Å². The molecule has 148 valence electrons. The molecule has 4 rings (SSSR count). The fraction of sp³-hybridized carbons (Fsp3) is 0.667. The summed E-state index contributed by atoms with van der Waals surface area (Å²) < 4.78 is 38.7. The number of likely N-dealkylation sites (tertiary alicyclic amines) is 1. The minimum Gasteiger partial charge on any atom is -0.353 e. The van der Waals surface area contributed by atoms with Crippen molar-refractivity contribution in [1.29, 1.82) is 0 Å². The van der Waals surface area contributed by atoms with Crippen LogP contribution in [0.15, 0.2) is 24.3 Å². The molecule has 1 aromatic carbocycles. The Bertz CT molecular complexity index is 684. The lowest BCUT2D eigenvalue weighted by Gasteiger charge is -2.23. The first-order valence-corrected chi connectivity index (χ1v) is 10.1. The van der Waals surface area contributed by atoms with Crippen molar-refractivity contribution in [2.45, 2.75) is 57.3 Å². The number of fused-ring (bicyclic) bond motifs is 1. The molecule has 0 aromatic heterocycles. The summed E-state index contributed by atoms with van der Waals surface area (Å²) in [7, 11) is 0. The molecule has 3 nitrogen and oxygen atoms in total. The van der Waals surface area contributed by atoms with Crippen LogP contribution >= 0.6 is 0 Å². The summed E-state index contributed by atoms with van der Waals surface area (Å²) in [6.07, 6.45) is 2.15. The first-order valence-electron chi connectivity index (χ1n) is 10.1. The van der Waals surface area contributed by atoms with Crippen molar-refractivity contribution in [1.82, 2.24) is 10.2 Å². The van der Waals surface area contributed by atoms with E-state index in [9.17, 15) is 18.0 Å². The zero-order chi connectivity index (χ0) is 19.0. The van der Waals surface area contributed by atoms with Crippen molar-refractivity contribution in [3.05, 3.63) is 35.4 Å². The van der Waals surface area contributed by atoms with Crippen LogP contribution in [0.4, 0.5) is 13.2 Å². The number of nitrogens with zero attached hydrogens (tertiary/aromatic N) is 1. The van der Waals surface area contributed by atoms with Gasteiger partial charge in [-0.3, -0.25) is 9.69 Å². The van der Waals surface area contributed by atoms with E-state index in [1.54, 1.807) is 6.07 Å². The molecular weight excluding hydrogens is 353 g/mol. The lowest BCUT2D eigenvalue weighted by Crippen LogP contribution is -2.42. The molecule has 6 heteroatoms. The normalized spacial score (nSPS) is 29.2. The number of hydrogen-bond acceptors (Lipinski definition) is 2. The van der Waals surface area contributed by atoms with E-state index in [0.29, 0.717) is 23.9 Å². The molecule has 0 radical (unpaired) electrons. The van der Waals surface area contributed by atoms with Crippen molar-refractivity contribution >= 4 is 5.91 Å². The molecule has 2 saturated carbocycles. The van der Waals surface area contributed by atoms with Crippen molar-refractivity contribution in [2.24, 2.45) is 17.8 Å². The van der Waals surface area contributed by atoms with Gasteiger partial charge in [-0.25, -0.2) is 0 Å². The zero-order valence-electron chi connectivity index (χ0n) is 15.5. The molecule has 27 heavy (non-hydrogen) atoms. The fourth-order valence-electron chi connectivity index (χ4n) is 5.26. The summed E-state index contributed by atoms with van der Waals surface area (Å²) in [6, 6.07) is 5.86. The maximum atomic E-state index is 12.9. The smallest absolute Gasteiger partial charge is 0.353 e. The minimum atomic E-state index is -4.30. The highest BCUT2D eigenvalue weighted by Gasteiger charge is 2.43. The molecule has 1 aromatic rings. The predicted molar refractivity (Wildman–Crippen MR) is 96.8 cm³/mol. The molecule has 0 unspecified atom stereocenters. The van der Waals surface area contributed by atoms with E-state index in [0.717, 1.165) is 57.7 Å². The third kappa shape index (κ3) is 4.15. The second-order valence-electron chi connectivity index (χ2n) is 8.49. The zero-order valence-corrected chi connectivity index (χ0v) is 15.5. The Labute approximate surface area is 158 Å². The van der Waals surface area contributed by atoms with Gasteiger partial charge in [0.25, 0.3) is 0 Å². The van der Waals surface area contributed by atoms with Crippen molar-refractivity contribution in [3.8, 4) is 0 Å². The summed E-state index contributed by atoms with van der Waals surface area (Å²) in [5, 5.41) is 3.29. The monoisotopic (exact) mass is 380 g/mol. The van der Waals surface area contributed by atoms with E-state index in [1.807, 2.05) is 0 Å². The number of hydrogen-bond donors (Lipinski definition) is 1. The van der Waals surface area contributed by atoms with Gasteiger partial charge >= 0.3 is 6.18 Å². The lowest BCUT2D eigenvalue weighted by molar-refractivity contribution is -0.137. The highest BCUT2D eigenvalue weighted by Crippen LogP contribution is 2.39. The van der Waals surface area contributed by atoms with Crippen LogP contribution in [0.25, 0.3) is 0 Å². The van der Waals surface area contributed by atoms with Gasteiger partial charge in [-0.15, -0.1) is 0 Å². The molecule has 0 spiro atoms. The number of alkyl halides is 3. The summed E-state index contributed by atoms with van der Waals surface area (Å²) in [6.45, 7) is 2.31. The SMILES string of the molecule is O=C(N[C@H]1CC[C@H]2CN(Cc3cccc(C(F)(F)F)c3)C[C@H]21)C1CCCC1. The van der Waals surface area contributed by atoms with Crippen LogP contribution in [0, 0.1) is 17.8 Å². The molecule has 1 aliphatic heterocycles. The van der Waals surface area contributed by atoms with Crippen LogP contribution in [0.1, 0.15) is 49.7 Å². The van der Waals surface area contributed by atoms with E-state index in [1.165, 1.54) is 12.1 Å². The molecule has 3 aliphatic rings. The maximum absolute atomic E-state index is 12.9. The quantitative estimate of drug-likeness (QED) is 0.848. The second kappa shape index (κ2) is 7.46. The molecule has 1 amide bonds. The summed E-state index contributed by atoms with van der Waals surface area (Å²) in [4.78, 5) is 14.7. The average Bonchev–Trinajstić information content (AvgIpc) is 3.33. The largest absolute Gasteiger partial charge is 0.416 e. The average molecular weight is 380 g/mol. The first kappa shape index (κ1) is 18.8. The van der Waals surface area contributed by atoms with Crippen molar-refractivity contribution in [3.63, 3.8) is 0 Å². The molecule has 2 aliphatic carbocycles. The van der Waals surface area contributed by atoms with Gasteiger partial charge in [-0.1, -0.05) is 31.0 Å². The molecular formula is C21H27F3N2O. The van der Waals surface area contributed by atoms with E-state index in [2.05, 4.69) is 10.2 Å². The van der Waals surface area contributed by atoms with Crippen molar-refractivity contribution in [2.75, 3.05) is 13.1 Å². The van der Waals surface area contributed by atoms with Gasteiger partial charge in [0.1, 0.15) is 0 Å². The van der Waals surface area contributed by atoms with Gasteiger partial charge in [0.15, 0.2) is 0 Å². The van der Waals surface area contributed by atoms with Crippen LogP contribution in [-0.4, -0.2) is 29.9 Å². The first-order chi connectivity index (χ1) is 12.9. The second-order valence-corrected chi connectivity index (χ2v) is 8.49. The number of nitrogens with one attached hydrogen (secondary N) is 1. The Morgan fingerprint density at radius 2 is 1.89 bits per heavy atom. The molecule has 1 N–H and O–H groups in total. The van der Waals surface area contributed by atoms with Gasteiger partial charge in [0.05, 0.1) is 5.56 Å². The molecule has 1 heterocycles. The Balaban J connectivity index is 1.35. The fourth-order valence-corrected chi connectivity index (χ4v) is 5.26. The molecule has 3 atom stereocenters. The number of amides is 1. The summed E-state index contributed by atoms with van der Waals surface area (Å²) >= 11 is 0. The number of carbonyl (C=O) groups is 1. The topological polar surface area (TPSA) is 32.3 Å². The van der Waals surface area contributed by atoms with Crippen LogP contribution in [-0.2, 0) is 17.5 Å². The van der Waals surface area contributed by atoms with E-state index in [-0.39, 0.29) is 17.9 Å². The number of halogens is 3. The van der Waals surface area contributed by atoms with Crippen LogP contribution in [0.3, 0.4) is 0 Å². The van der Waals surface area contributed by atoms with Gasteiger partial charge in [-0.05, 0) is 49.1 Å². The van der Waals surface area contributed by atoms with Gasteiger partial charge in [0.2, 0.25) is 5.91 Å². The Hall–Kier alpha value is -1.56. The standard InChI is InChI=1S/C21H27F3N2O/c22-21(23,24)17-7-3-4-14(10-17)11-26-12-16-8-9-19(18(16)13-26)25-20(27)15-5-1-2-6-15/h3-4,7,10,15-16,18-19H,1-2,5-6,8-9,11-13H2,(H,25,27)/t16-,18+,19-/m0/s1. The minimum absolute atomic E-state index is 0.187. The Kier molecular flexibility index (Phi) is 5.19. The van der Waals surface area contributed by atoms with E-state index >= 15 is 0 Å². The highest BCUT2D eigenvalue weighted by molar-refractivity contribution is 5.79. The number of rotatable bonds is 4.